The minimum absolute atomic E-state index is 0. The van der Waals surface area contributed by atoms with Gasteiger partial charge >= 0.3 is 24.8 Å². The van der Waals surface area contributed by atoms with Gasteiger partial charge in [-0.25, -0.2) is 0 Å². The second-order valence-corrected chi connectivity index (χ2v) is 10.9. The molecule has 7 rings (SSSR count). The maximum atomic E-state index is 10.1. The van der Waals surface area contributed by atoms with E-state index in [1.54, 1.807) is 85.1 Å². The molecule has 0 fully saturated rings. The fourth-order valence-corrected chi connectivity index (χ4v) is 3.64. The third-order valence-electron chi connectivity index (χ3n) is 6.53. The standard InChI is InChI=1S/7C6H7O2.C.Al/c7*7-5-6-3-1-2-4-8-6;;/h7*1-4,6H,5H2;;/q7*-1;+4;+3. The van der Waals surface area contributed by atoms with E-state index in [9.17, 15) is 35.7 Å². The molecule has 0 amide bonds. The van der Waals surface area contributed by atoms with Crippen LogP contribution in [0.5, 0.6) is 0 Å². The van der Waals surface area contributed by atoms with E-state index in [4.69, 9.17) is 33.2 Å². The van der Waals surface area contributed by atoms with Crippen molar-refractivity contribution in [2.45, 2.75) is 42.7 Å². The summed E-state index contributed by atoms with van der Waals surface area (Å²) in [5.74, 6) is 0. The molecule has 0 aromatic rings. The predicted octanol–water partition coefficient (Wildman–Crippen LogP) is -1.59. The van der Waals surface area contributed by atoms with Crippen molar-refractivity contribution >= 4 is 17.4 Å². The second-order valence-electron chi connectivity index (χ2n) is 10.9. The predicted molar refractivity (Wildman–Crippen MR) is 205 cm³/mol. The Labute approximate surface area is 353 Å². The molecular weight excluding hydrogens is 767 g/mol. The zero-order valence-electron chi connectivity index (χ0n) is 31.9. The Morgan fingerprint density at radius 1 is 0.241 bits per heavy atom. The molecule has 0 spiro atoms. The zero-order chi connectivity index (χ0) is 40.7. The Kier molecular flexibility index (Phi) is 38.5. The number of allylic oxidation sites excluding steroid dienone is 14. The van der Waals surface area contributed by atoms with Crippen LogP contribution in [0.1, 0.15) is 0 Å². The van der Waals surface area contributed by atoms with E-state index >= 15 is 0 Å². The van der Waals surface area contributed by atoms with Gasteiger partial charge in [-0.15, -0.1) is 0 Å². The molecule has 7 unspecified atom stereocenters. The van der Waals surface area contributed by atoms with Crippen molar-refractivity contribution in [2.75, 3.05) is 46.2 Å². The van der Waals surface area contributed by atoms with Crippen molar-refractivity contribution in [1.82, 2.24) is 0 Å². The molecule has 0 saturated carbocycles. The molecule has 7 atom stereocenters. The van der Waals surface area contributed by atoms with Gasteiger partial charge in [0, 0.05) is 0 Å². The van der Waals surface area contributed by atoms with Gasteiger partial charge in [0.25, 0.3) is 0 Å². The largest absolute Gasteiger partial charge is 4.00 e. The molecule has 14 nitrogen and oxygen atoms in total. The number of ether oxygens (including phenoxy) is 7. The van der Waals surface area contributed by atoms with Gasteiger partial charge < -0.3 is 68.9 Å². The van der Waals surface area contributed by atoms with Gasteiger partial charge in [-0.2, -0.15) is 0 Å². The molecule has 0 bridgehead atoms. The Morgan fingerprint density at radius 2 is 0.362 bits per heavy atom. The van der Waals surface area contributed by atoms with E-state index in [1.807, 2.05) is 42.5 Å². The summed E-state index contributed by atoms with van der Waals surface area (Å²) in [5.41, 5.74) is 0. The van der Waals surface area contributed by atoms with Crippen LogP contribution < -0.4 is 35.7 Å². The van der Waals surface area contributed by atoms with Crippen molar-refractivity contribution in [3.63, 3.8) is 0 Å². The molecule has 7 aliphatic rings. The van der Waals surface area contributed by atoms with Crippen molar-refractivity contribution in [3.8, 4) is 0 Å². The molecule has 0 radical (unpaired) electrons. The van der Waals surface area contributed by atoms with Crippen LogP contribution in [-0.2, 0) is 33.2 Å². The van der Waals surface area contributed by atoms with Gasteiger partial charge in [-0.1, -0.05) is 88.8 Å². The fraction of sp³-hybridized carbons (Fsp3) is 0.326. The first-order valence-electron chi connectivity index (χ1n) is 17.5. The maximum Gasteiger partial charge on any atom is 4.00 e. The Morgan fingerprint density at radius 3 is 0.414 bits per heavy atom. The topological polar surface area (TPSA) is 226 Å². The quantitative estimate of drug-likeness (QED) is 0.264. The molecular formula is C43H49AlO14. The van der Waals surface area contributed by atoms with Crippen LogP contribution in [0, 0.1) is 7.43 Å². The minimum Gasteiger partial charge on any atom is -0.852 e. The summed E-state index contributed by atoms with van der Waals surface area (Å²) in [7, 11) is 0. The normalized spacial score (nSPS) is 24.5. The summed E-state index contributed by atoms with van der Waals surface area (Å²) in [6, 6.07) is 0. The number of rotatable bonds is 7. The van der Waals surface area contributed by atoms with Crippen molar-refractivity contribution < 1.29 is 68.9 Å². The monoisotopic (exact) mass is 816 g/mol. The van der Waals surface area contributed by atoms with E-state index in [2.05, 4.69) is 0 Å². The van der Waals surface area contributed by atoms with Gasteiger partial charge in [0.2, 0.25) is 0 Å². The summed E-state index contributed by atoms with van der Waals surface area (Å²) in [5, 5.41) is 70.5. The second kappa shape index (κ2) is 40.4. The first kappa shape index (κ1) is 55.3. The van der Waals surface area contributed by atoms with Gasteiger partial charge in [0.1, 0.15) is 42.7 Å². The van der Waals surface area contributed by atoms with Crippen LogP contribution in [0.4, 0.5) is 0 Å². The molecule has 15 heteroatoms. The minimum atomic E-state index is -0.236. The SMILES string of the molecule is [Al+3].[C+4].[O-]CC1C=CC=CO1.[O-]CC1C=CC=CO1.[O-]CC1C=CC=CO1.[O-]CC1C=CC=CO1.[O-]CC1C=CC=CO1.[O-]CC1C=CC=CO1.[O-]CC1C=CC=CO1. The zero-order valence-corrected chi connectivity index (χ0v) is 33.1. The molecule has 0 aromatic carbocycles. The molecule has 0 saturated heterocycles. The average molecular weight is 817 g/mol. The van der Waals surface area contributed by atoms with Crippen molar-refractivity contribution in [1.29, 1.82) is 0 Å². The molecule has 308 valence electrons. The summed E-state index contributed by atoms with van der Waals surface area (Å²) < 4.78 is 33.9. The molecule has 7 heterocycles. The molecule has 0 aliphatic carbocycles. The van der Waals surface area contributed by atoms with Crippen LogP contribution in [-0.4, -0.2) is 106 Å². The van der Waals surface area contributed by atoms with Crippen LogP contribution in [0.25, 0.3) is 0 Å². The van der Waals surface area contributed by atoms with Crippen molar-refractivity contribution in [2.24, 2.45) is 0 Å². The van der Waals surface area contributed by atoms with Crippen LogP contribution in [0.3, 0.4) is 0 Å². The molecule has 7 aliphatic heterocycles. The Bertz CT molecular complexity index is 1110. The summed E-state index contributed by atoms with van der Waals surface area (Å²) >= 11 is 0. The first-order chi connectivity index (χ1) is 27.5. The molecule has 58 heavy (non-hydrogen) atoms. The third-order valence-corrected chi connectivity index (χ3v) is 6.53. The van der Waals surface area contributed by atoms with Gasteiger partial charge in [0.05, 0.1) is 43.8 Å². The Hall–Kier alpha value is -4.79. The van der Waals surface area contributed by atoms with Crippen LogP contribution in [0.2, 0.25) is 0 Å². The van der Waals surface area contributed by atoms with E-state index in [0.29, 0.717) is 0 Å². The van der Waals surface area contributed by atoms with Gasteiger partial charge in [0.15, 0.2) is 0 Å². The molecule has 0 N–H and O–H groups in total. The first-order valence-corrected chi connectivity index (χ1v) is 17.5. The van der Waals surface area contributed by atoms with Crippen LogP contribution in [0.15, 0.2) is 171 Å². The third kappa shape index (κ3) is 30.4. The average Bonchev–Trinajstić information content (AvgIpc) is 3.32. The van der Waals surface area contributed by atoms with E-state index in [-0.39, 0.29) is 114 Å². The summed E-state index contributed by atoms with van der Waals surface area (Å²) in [6.07, 6.45) is 46.2. The van der Waals surface area contributed by atoms with E-state index in [1.165, 1.54) is 43.8 Å². The summed E-state index contributed by atoms with van der Waals surface area (Å²) in [6.45, 7) is -1.36. The maximum absolute atomic E-state index is 10.1. The number of hydrogen-bond acceptors (Lipinski definition) is 14. The van der Waals surface area contributed by atoms with Crippen molar-refractivity contribution in [3.05, 3.63) is 179 Å². The smallest absolute Gasteiger partial charge is 0.852 e. The van der Waals surface area contributed by atoms with E-state index < -0.39 is 0 Å². The summed E-state index contributed by atoms with van der Waals surface area (Å²) in [4.78, 5) is 0. The van der Waals surface area contributed by atoms with Gasteiger partial charge in [-0.3, -0.25) is 0 Å². The fourth-order valence-electron chi connectivity index (χ4n) is 3.64. The number of hydrogen-bond donors (Lipinski definition) is 0. The molecule has 0 aromatic heterocycles. The Balaban J connectivity index is 0. The van der Waals surface area contributed by atoms with Crippen LogP contribution >= 0.6 is 0 Å². The van der Waals surface area contributed by atoms with Gasteiger partial charge in [-0.05, 0) is 85.1 Å². The van der Waals surface area contributed by atoms with E-state index in [0.717, 1.165) is 0 Å².